The van der Waals surface area contributed by atoms with Gasteiger partial charge in [0, 0.05) is 12.6 Å². The second-order valence-electron chi connectivity index (χ2n) is 4.72. The van der Waals surface area contributed by atoms with Crippen LogP contribution in [0.4, 0.5) is 5.69 Å². The molecule has 1 aromatic heterocycles. The zero-order valence-electron chi connectivity index (χ0n) is 10.1. The first kappa shape index (κ1) is 12.6. The highest BCUT2D eigenvalue weighted by Crippen LogP contribution is 2.27. The van der Waals surface area contributed by atoms with Crippen LogP contribution in [0.5, 0.6) is 0 Å². The predicted molar refractivity (Wildman–Crippen MR) is 65.1 cm³/mol. The molecule has 6 nitrogen and oxygen atoms in total. The van der Waals surface area contributed by atoms with E-state index in [2.05, 4.69) is 10.4 Å². The third-order valence-corrected chi connectivity index (χ3v) is 3.16. The lowest BCUT2D eigenvalue weighted by molar-refractivity contribution is -0.137. The van der Waals surface area contributed by atoms with Gasteiger partial charge in [0.1, 0.15) is 6.54 Å². The third kappa shape index (κ3) is 3.58. The Hall–Kier alpha value is -1.85. The lowest BCUT2D eigenvalue weighted by atomic mass is 10.0. The van der Waals surface area contributed by atoms with E-state index >= 15 is 0 Å². The predicted octanol–water partition coefficient (Wildman–Crippen LogP) is 1.49. The standard InChI is InChI=1S/C12H17N3O3/c16-11(5-9-3-1-2-4-9)14-10-6-13-15(7-10)8-12(17)18/h6-7,9H,1-5,8H2,(H,14,16)(H,17,18). The normalized spacial score (nSPS) is 15.8. The van der Waals surface area contributed by atoms with Crippen molar-refractivity contribution in [1.82, 2.24) is 9.78 Å². The lowest BCUT2D eigenvalue weighted by Gasteiger charge is -2.07. The van der Waals surface area contributed by atoms with Crippen LogP contribution < -0.4 is 5.32 Å². The van der Waals surface area contributed by atoms with Crippen molar-refractivity contribution >= 4 is 17.6 Å². The highest BCUT2D eigenvalue weighted by Gasteiger charge is 2.18. The maximum Gasteiger partial charge on any atom is 0.325 e. The number of nitrogens with zero attached hydrogens (tertiary/aromatic N) is 2. The number of hydrogen-bond donors (Lipinski definition) is 2. The Bertz CT molecular complexity index is 436. The van der Waals surface area contributed by atoms with Crippen LogP contribution in [0, 0.1) is 5.92 Å². The summed E-state index contributed by atoms with van der Waals surface area (Å²) in [6.07, 6.45) is 8.24. The molecule has 2 N–H and O–H groups in total. The van der Waals surface area contributed by atoms with E-state index in [1.807, 2.05) is 0 Å². The molecule has 0 unspecified atom stereocenters. The minimum Gasteiger partial charge on any atom is -0.480 e. The van der Waals surface area contributed by atoms with E-state index < -0.39 is 5.97 Å². The summed E-state index contributed by atoms with van der Waals surface area (Å²) in [6.45, 7) is -0.196. The molecule has 0 saturated heterocycles. The summed E-state index contributed by atoms with van der Waals surface area (Å²) in [7, 11) is 0. The van der Waals surface area contributed by atoms with Crippen molar-refractivity contribution in [2.24, 2.45) is 5.92 Å². The molecule has 2 rings (SSSR count). The van der Waals surface area contributed by atoms with Crippen LogP contribution >= 0.6 is 0 Å². The minimum absolute atomic E-state index is 0.0169. The molecule has 18 heavy (non-hydrogen) atoms. The SMILES string of the molecule is O=C(O)Cn1cc(NC(=O)CC2CCCC2)cn1. The van der Waals surface area contributed by atoms with Gasteiger partial charge >= 0.3 is 5.97 Å². The lowest BCUT2D eigenvalue weighted by Crippen LogP contribution is -2.14. The van der Waals surface area contributed by atoms with Gasteiger partial charge in [-0.1, -0.05) is 12.8 Å². The van der Waals surface area contributed by atoms with Crippen molar-refractivity contribution in [1.29, 1.82) is 0 Å². The van der Waals surface area contributed by atoms with E-state index in [0.29, 0.717) is 18.0 Å². The van der Waals surface area contributed by atoms with E-state index in [4.69, 9.17) is 5.11 Å². The number of carbonyl (C=O) groups excluding carboxylic acids is 1. The Labute approximate surface area is 105 Å². The Morgan fingerprint density at radius 1 is 1.44 bits per heavy atom. The van der Waals surface area contributed by atoms with E-state index in [1.54, 1.807) is 0 Å². The average molecular weight is 251 g/mol. The van der Waals surface area contributed by atoms with E-state index in [9.17, 15) is 9.59 Å². The van der Waals surface area contributed by atoms with Gasteiger partial charge in [0.05, 0.1) is 11.9 Å². The number of amides is 1. The van der Waals surface area contributed by atoms with Crippen molar-refractivity contribution in [3.8, 4) is 0 Å². The van der Waals surface area contributed by atoms with Crippen molar-refractivity contribution in [3.05, 3.63) is 12.4 Å². The highest BCUT2D eigenvalue weighted by molar-refractivity contribution is 5.90. The first-order chi connectivity index (χ1) is 8.63. The summed E-state index contributed by atoms with van der Waals surface area (Å²) in [6, 6.07) is 0. The molecular weight excluding hydrogens is 234 g/mol. The van der Waals surface area contributed by atoms with Crippen LogP contribution in [-0.4, -0.2) is 26.8 Å². The van der Waals surface area contributed by atoms with Crippen LogP contribution in [0.15, 0.2) is 12.4 Å². The van der Waals surface area contributed by atoms with Crippen molar-refractivity contribution in [2.45, 2.75) is 38.6 Å². The van der Waals surface area contributed by atoms with Gasteiger partial charge < -0.3 is 10.4 Å². The van der Waals surface area contributed by atoms with Crippen LogP contribution in [0.3, 0.4) is 0 Å². The number of carboxylic acid groups (broad SMARTS) is 1. The summed E-state index contributed by atoms with van der Waals surface area (Å²) < 4.78 is 1.29. The molecule has 0 bridgehead atoms. The highest BCUT2D eigenvalue weighted by atomic mass is 16.4. The van der Waals surface area contributed by atoms with Gasteiger partial charge in [-0.2, -0.15) is 5.10 Å². The zero-order valence-corrected chi connectivity index (χ0v) is 10.1. The summed E-state index contributed by atoms with van der Waals surface area (Å²) in [4.78, 5) is 22.2. The molecular formula is C12H17N3O3. The first-order valence-electron chi connectivity index (χ1n) is 6.17. The second-order valence-corrected chi connectivity index (χ2v) is 4.72. The van der Waals surface area contributed by atoms with Gasteiger partial charge in [-0.05, 0) is 18.8 Å². The molecule has 1 aromatic rings. The number of aromatic nitrogens is 2. The number of hydrogen-bond acceptors (Lipinski definition) is 3. The number of anilines is 1. The summed E-state index contributed by atoms with van der Waals surface area (Å²) >= 11 is 0. The molecule has 1 amide bonds. The van der Waals surface area contributed by atoms with E-state index in [-0.39, 0.29) is 12.5 Å². The zero-order chi connectivity index (χ0) is 13.0. The second kappa shape index (κ2) is 5.66. The molecule has 0 radical (unpaired) electrons. The van der Waals surface area contributed by atoms with Gasteiger partial charge in [-0.3, -0.25) is 14.3 Å². The van der Waals surface area contributed by atoms with Gasteiger partial charge in [-0.25, -0.2) is 0 Å². The molecule has 1 aliphatic carbocycles. The molecule has 1 aliphatic rings. The smallest absolute Gasteiger partial charge is 0.325 e. The van der Waals surface area contributed by atoms with Crippen molar-refractivity contribution in [3.63, 3.8) is 0 Å². The number of rotatable bonds is 5. The maximum atomic E-state index is 11.7. The fraction of sp³-hybridized carbons (Fsp3) is 0.583. The van der Waals surface area contributed by atoms with Gasteiger partial charge in [0.25, 0.3) is 0 Å². The van der Waals surface area contributed by atoms with Crippen LogP contribution in [-0.2, 0) is 16.1 Å². The summed E-state index contributed by atoms with van der Waals surface area (Å²) in [5, 5.41) is 15.2. The summed E-state index contributed by atoms with van der Waals surface area (Å²) in [5.41, 5.74) is 0.555. The number of carboxylic acids is 1. The first-order valence-corrected chi connectivity index (χ1v) is 6.17. The molecule has 1 saturated carbocycles. The molecule has 98 valence electrons. The van der Waals surface area contributed by atoms with E-state index in [0.717, 1.165) is 12.8 Å². The Morgan fingerprint density at radius 3 is 2.83 bits per heavy atom. The van der Waals surface area contributed by atoms with Crippen molar-refractivity contribution < 1.29 is 14.7 Å². The van der Waals surface area contributed by atoms with Gasteiger partial charge in [0.15, 0.2) is 0 Å². The minimum atomic E-state index is -0.957. The fourth-order valence-electron chi connectivity index (χ4n) is 2.34. The molecule has 1 heterocycles. The number of carbonyl (C=O) groups is 2. The quantitative estimate of drug-likeness (QED) is 0.830. The molecule has 0 atom stereocenters. The molecule has 1 fully saturated rings. The number of nitrogens with one attached hydrogen (secondary N) is 1. The van der Waals surface area contributed by atoms with Gasteiger partial charge in [0.2, 0.25) is 5.91 Å². The monoisotopic (exact) mass is 251 g/mol. The third-order valence-electron chi connectivity index (χ3n) is 3.16. The molecule has 0 spiro atoms. The van der Waals surface area contributed by atoms with Gasteiger partial charge in [-0.15, -0.1) is 0 Å². The largest absolute Gasteiger partial charge is 0.480 e. The molecule has 6 heteroatoms. The van der Waals surface area contributed by atoms with Crippen LogP contribution in [0.2, 0.25) is 0 Å². The average Bonchev–Trinajstić information content (AvgIpc) is 2.89. The molecule has 0 aromatic carbocycles. The van der Waals surface area contributed by atoms with Crippen molar-refractivity contribution in [2.75, 3.05) is 5.32 Å². The summed E-state index contributed by atoms with van der Waals surface area (Å²) in [5.74, 6) is -0.474. The van der Waals surface area contributed by atoms with Crippen LogP contribution in [0.25, 0.3) is 0 Å². The Morgan fingerprint density at radius 2 is 2.17 bits per heavy atom. The molecule has 0 aliphatic heterocycles. The fourth-order valence-corrected chi connectivity index (χ4v) is 2.34. The topological polar surface area (TPSA) is 84.2 Å². The number of aliphatic carboxylic acids is 1. The van der Waals surface area contributed by atoms with Crippen LogP contribution in [0.1, 0.15) is 32.1 Å². The maximum absolute atomic E-state index is 11.7. The Kier molecular flexibility index (Phi) is 3.96. The Balaban J connectivity index is 1.82. The van der Waals surface area contributed by atoms with E-state index in [1.165, 1.54) is 29.9 Å².